The molecule has 0 aliphatic carbocycles. The highest BCUT2D eigenvalue weighted by atomic mass is 35.5. The van der Waals surface area contributed by atoms with Gasteiger partial charge >= 0.3 is 11.9 Å². The van der Waals surface area contributed by atoms with Gasteiger partial charge in [0.2, 0.25) is 11.5 Å². The Labute approximate surface area is 155 Å². The molecule has 2 heterocycles. The zero-order valence-electron chi connectivity index (χ0n) is 13.8. The molecule has 0 saturated heterocycles. The third-order valence-electron chi connectivity index (χ3n) is 3.56. The van der Waals surface area contributed by atoms with Crippen LogP contribution in [0, 0.1) is 0 Å². The Morgan fingerprint density at radius 1 is 0.880 bits per heavy atom. The summed E-state index contributed by atoms with van der Waals surface area (Å²) in [5.74, 6) is -0.390. The maximum atomic E-state index is 11.8. The van der Waals surface area contributed by atoms with Gasteiger partial charge in [0.15, 0.2) is 0 Å². The molecule has 0 aliphatic heterocycles. The Morgan fingerprint density at radius 2 is 1.28 bits per heavy atom. The highest BCUT2D eigenvalue weighted by molar-refractivity contribution is 6.22. The first-order chi connectivity index (χ1) is 12.0. The molecule has 6 nitrogen and oxygen atoms in total. The van der Waals surface area contributed by atoms with Crippen molar-refractivity contribution >= 4 is 35.1 Å². The minimum absolute atomic E-state index is 0.0159. The molecule has 0 bridgehead atoms. The van der Waals surface area contributed by atoms with E-state index in [4.69, 9.17) is 41.5 Å². The number of carbonyl (C=O) groups is 2. The molecule has 0 amide bonds. The molecular formula is C17H18Cl2O6. The molecule has 8 heteroatoms. The predicted octanol–water partition coefficient (Wildman–Crippen LogP) is 3.99. The second kappa shape index (κ2) is 8.45. The van der Waals surface area contributed by atoms with Crippen LogP contribution in [0.4, 0.5) is 0 Å². The Balaban J connectivity index is 2.39. The first-order valence-corrected chi connectivity index (χ1v) is 8.76. The summed E-state index contributed by atoms with van der Waals surface area (Å²) in [6, 6.07) is 6.14. The van der Waals surface area contributed by atoms with Gasteiger partial charge in [-0.15, -0.1) is 23.2 Å². The Kier molecular flexibility index (Phi) is 6.56. The van der Waals surface area contributed by atoms with Gasteiger partial charge in [0.1, 0.15) is 16.9 Å². The zero-order valence-corrected chi connectivity index (χ0v) is 15.4. The third-order valence-corrected chi connectivity index (χ3v) is 4.48. The first-order valence-electron chi connectivity index (χ1n) is 7.69. The van der Waals surface area contributed by atoms with Crippen LogP contribution in [0.25, 0.3) is 0 Å². The monoisotopic (exact) mass is 388 g/mol. The van der Waals surface area contributed by atoms with Crippen LogP contribution in [0.3, 0.4) is 0 Å². The van der Waals surface area contributed by atoms with Gasteiger partial charge in [0.25, 0.3) is 0 Å². The molecule has 0 saturated carbocycles. The molecule has 0 atom stereocenters. The summed E-state index contributed by atoms with van der Waals surface area (Å²) in [4.78, 5) is 23.6. The molecule has 0 aliphatic rings. The van der Waals surface area contributed by atoms with E-state index in [1.54, 1.807) is 26.0 Å². The minimum Gasteiger partial charge on any atom is -0.460 e. The second-order valence-corrected chi connectivity index (χ2v) is 5.65. The number of rotatable bonds is 8. The van der Waals surface area contributed by atoms with Crippen molar-refractivity contribution < 1.29 is 27.9 Å². The quantitative estimate of drug-likeness (QED) is 0.502. The van der Waals surface area contributed by atoms with E-state index in [1.807, 2.05) is 0 Å². The lowest BCUT2D eigenvalue weighted by Crippen LogP contribution is -2.31. The van der Waals surface area contributed by atoms with E-state index in [0.29, 0.717) is 11.5 Å². The van der Waals surface area contributed by atoms with Crippen molar-refractivity contribution in [2.75, 3.05) is 25.0 Å². The van der Waals surface area contributed by atoms with Crippen molar-refractivity contribution in [3.05, 3.63) is 47.3 Å². The summed E-state index contributed by atoms with van der Waals surface area (Å²) in [7, 11) is 0. The average Bonchev–Trinajstić information content (AvgIpc) is 3.27. The number of hydrogen-bond acceptors (Lipinski definition) is 6. The SMILES string of the molecule is CCOC(=O)c1ccc(C(CCl)(CCl)c2ccc(C(=O)OCC)o2)o1. The zero-order chi connectivity index (χ0) is 18.4. The Bertz CT molecular complexity index is 671. The van der Waals surface area contributed by atoms with Crippen molar-refractivity contribution in [2.45, 2.75) is 19.3 Å². The smallest absolute Gasteiger partial charge is 0.374 e. The Hall–Kier alpha value is -1.92. The standard InChI is InChI=1S/C17H18Cl2O6/c1-3-22-15(20)11-5-7-13(24-11)17(9-18,10-19)14-8-6-12(25-14)16(21)23-4-2/h5-8H,3-4,9-10H2,1-2H3. The topological polar surface area (TPSA) is 78.9 Å². The molecule has 0 aromatic carbocycles. The van der Waals surface area contributed by atoms with Gasteiger partial charge in [-0.1, -0.05) is 0 Å². The molecule has 2 aromatic heterocycles. The van der Waals surface area contributed by atoms with E-state index in [9.17, 15) is 9.59 Å². The van der Waals surface area contributed by atoms with Crippen molar-refractivity contribution in [1.29, 1.82) is 0 Å². The fourth-order valence-corrected chi connectivity index (χ4v) is 3.05. The van der Waals surface area contributed by atoms with Gasteiger partial charge in [-0.2, -0.15) is 0 Å². The molecule has 2 aromatic rings. The number of halogens is 2. The lowest BCUT2D eigenvalue weighted by atomic mass is 9.87. The number of esters is 2. The van der Waals surface area contributed by atoms with E-state index in [-0.39, 0.29) is 36.5 Å². The van der Waals surface area contributed by atoms with Gasteiger partial charge in [-0.3, -0.25) is 0 Å². The van der Waals surface area contributed by atoms with E-state index in [1.165, 1.54) is 12.1 Å². The fourth-order valence-electron chi connectivity index (χ4n) is 2.23. The highest BCUT2D eigenvalue weighted by Crippen LogP contribution is 2.37. The van der Waals surface area contributed by atoms with Gasteiger partial charge in [-0.25, -0.2) is 9.59 Å². The molecule has 0 fully saturated rings. The molecule has 0 unspecified atom stereocenters. The van der Waals surface area contributed by atoms with Crippen molar-refractivity contribution in [1.82, 2.24) is 0 Å². The van der Waals surface area contributed by atoms with Gasteiger partial charge in [0.05, 0.1) is 13.2 Å². The molecule has 0 N–H and O–H groups in total. The van der Waals surface area contributed by atoms with E-state index in [0.717, 1.165) is 0 Å². The van der Waals surface area contributed by atoms with Crippen LogP contribution < -0.4 is 0 Å². The maximum Gasteiger partial charge on any atom is 0.374 e. The summed E-state index contributed by atoms with van der Waals surface area (Å²) < 4.78 is 21.0. The van der Waals surface area contributed by atoms with Crippen LogP contribution in [0.15, 0.2) is 33.1 Å². The van der Waals surface area contributed by atoms with Crippen molar-refractivity contribution in [2.24, 2.45) is 0 Å². The van der Waals surface area contributed by atoms with Gasteiger partial charge in [-0.05, 0) is 38.1 Å². The highest BCUT2D eigenvalue weighted by Gasteiger charge is 2.40. The minimum atomic E-state index is -1.04. The van der Waals surface area contributed by atoms with E-state index < -0.39 is 17.4 Å². The summed E-state index contributed by atoms with van der Waals surface area (Å²) in [5.41, 5.74) is -1.04. The van der Waals surface area contributed by atoms with Crippen LogP contribution in [0.2, 0.25) is 0 Å². The summed E-state index contributed by atoms with van der Waals surface area (Å²) >= 11 is 12.3. The number of hydrogen-bond donors (Lipinski definition) is 0. The first kappa shape index (κ1) is 19.4. The fraction of sp³-hybridized carbons (Fsp3) is 0.412. The van der Waals surface area contributed by atoms with Crippen molar-refractivity contribution in [3.8, 4) is 0 Å². The van der Waals surface area contributed by atoms with Crippen LogP contribution in [-0.4, -0.2) is 36.9 Å². The molecular weight excluding hydrogens is 371 g/mol. The number of alkyl halides is 2. The van der Waals surface area contributed by atoms with Gasteiger partial charge < -0.3 is 18.3 Å². The normalized spacial score (nSPS) is 11.4. The number of carbonyl (C=O) groups excluding carboxylic acids is 2. The van der Waals surface area contributed by atoms with Crippen LogP contribution in [-0.2, 0) is 14.9 Å². The molecule has 25 heavy (non-hydrogen) atoms. The average molecular weight is 389 g/mol. The third kappa shape index (κ3) is 3.85. The molecule has 0 radical (unpaired) electrons. The second-order valence-electron chi connectivity index (χ2n) is 5.12. The summed E-state index contributed by atoms with van der Waals surface area (Å²) in [6.07, 6.45) is 0. The van der Waals surface area contributed by atoms with E-state index >= 15 is 0 Å². The number of ether oxygens (including phenoxy) is 2. The van der Waals surface area contributed by atoms with Crippen LogP contribution in [0.1, 0.15) is 46.5 Å². The maximum absolute atomic E-state index is 11.8. The molecule has 136 valence electrons. The lowest BCUT2D eigenvalue weighted by molar-refractivity contribution is 0.0482. The van der Waals surface area contributed by atoms with Gasteiger partial charge in [0, 0.05) is 11.8 Å². The van der Waals surface area contributed by atoms with E-state index in [2.05, 4.69) is 0 Å². The molecule has 2 rings (SSSR count). The predicted molar refractivity (Wildman–Crippen MR) is 91.5 cm³/mol. The molecule has 0 spiro atoms. The van der Waals surface area contributed by atoms with Crippen LogP contribution in [0.5, 0.6) is 0 Å². The van der Waals surface area contributed by atoms with Crippen molar-refractivity contribution in [3.63, 3.8) is 0 Å². The summed E-state index contributed by atoms with van der Waals surface area (Å²) in [6.45, 7) is 3.85. The summed E-state index contributed by atoms with van der Waals surface area (Å²) in [5, 5.41) is 0. The van der Waals surface area contributed by atoms with Crippen LogP contribution >= 0.6 is 23.2 Å². The Morgan fingerprint density at radius 3 is 1.60 bits per heavy atom. The number of furan rings is 2. The lowest BCUT2D eigenvalue weighted by Gasteiger charge is -2.24. The largest absolute Gasteiger partial charge is 0.460 e.